The Morgan fingerprint density at radius 3 is 2.44 bits per heavy atom. The molecule has 0 saturated carbocycles. The third kappa shape index (κ3) is 5.14. The molecular weight excluding hydrogens is 237 g/mol. The number of aliphatic hydroxyl groups excluding tert-OH is 1. The zero-order valence-corrected chi connectivity index (χ0v) is 10.7. The van der Waals surface area contributed by atoms with E-state index in [0.717, 1.165) is 0 Å². The van der Waals surface area contributed by atoms with Gasteiger partial charge in [0.05, 0.1) is 12.6 Å². The van der Waals surface area contributed by atoms with Crippen molar-refractivity contribution in [1.82, 2.24) is 5.32 Å². The predicted molar refractivity (Wildman–Crippen MR) is 65.6 cm³/mol. The monoisotopic (exact) mass is 255 g/mol. The van der Waals surface area contributed by atoms with Crippen molar-refractivity contribution in [1.29, 1.82) is 0 Å². The van der Waals surface area contributed by atoms with Crippen LogP contribution in [0.5, 0.6) is 0 Å². The van der Waals surface area contributed by atoms with Crippen LogP contribution in [0.15, 0.2) is 24.3 Å². The van der Waals surface area contributed by atoms with Crippen LogP contribution in [0.3, 0.4) is 0 Å². The van der Waals surface area contributed by atoms with Crippen molar-refractivity contribution in [3.8, 4) is 0 Å². The van der Waals surface area contributed by atoms with Crippen LogP contribution in [-0.2, 0) is 4.74 Å². The van der Waals surface area contributed by atoms with Crippen molar-refractivity contribution in [2.24, 2.45) is 0 Å². The van der Waals surface area contributed by atoms with Crippen LogP contribution in [0.4, 0.5) is 9.18 Å². The number of benzene rings is 1. The second-order valence-electron chi connectivity index (χ2n) is 4.95. The lowest BCUT2D eigenvalue weighted by molar-refractivity contribution is 0.0491. The fourth-order valence-electron chi connectivity index (χ4n) is 1.30. The highest BCUT2D eigenvalue weighted by molar-refractivity contribution is 5.67. The molecule has 0 aromatic heterocycles. The molecule has 0 saturated heterocycles. The van der Waals surface area contributed by atoms with Gasteiger partial charge in [0.2, 0.25) is 0 Å². The van der Waals surface area contributed by atoms with E-state index in [-0.39, 0.29) is 12.4 Å². The minimum atomic E-state index is -0.891. The Balaban J connectivity index is 2.44. The van der Waals surface area contributed by atoms with Crippen LogP contribution < -0.4 is 5.32 Å². The number of rotatable bonds is 3. The molecule has 0 fully saturated rings. The molecule has 0 aliphatic heterocycles. The van der Waals surface area contributed by atoms with E-state index in [1.165, 1.54) is 24.3 Å². The number of amides is 1. The van der Waals surface area contributed by atoms with Gasteiger partial charge in [-0.25, -0.2) is 9.18 Å². The molecule has 18 heavy (non-hydrogen) atoms. The number of nitrogens with one attached hydrogen (secondary N) is 1. The van der Waals surface area contributed by atoms with Gasteiger partial charge in [0.25, 0.3) is 0 Å². The van der Waals surface area contributed by atoms with Gasteiger partial charge in [-0.05, 0) is 38.5 Å². The van der Waals surface area contributed by atoms with E-state index in [0.29, 0.717) is 5.56 Å². The first kappa shape index (κ1) is 14.4. The first-order valence-corrected chi connectivity index (χ1v) is 5.68. The second kappa shape index (κ2) is 5.82. The normalized spacial score (nSPS) is 12.9. The predicted octanol–water partition coefficient (Wildman–Crippen LogP) is 2.38. The van der Waals surface area contributed by atoms with Gasteiger partial charge >= 0.3 is 6.09 Å². The third-order valence-electron chi connectivity index (χ3n) is 2.09. The van der Waals surface area contributed by atoms with E-state index >= 15 is 0 Å². The number of carbonyl (C=O) groups is 1. The highest BCUT2D eigenvalue weighted by atomic mass is 19.1. The summed E-state index contributed by atoms with van der Waals surface area (Å²) in [5, 5.41) is 12.2. The van der Waals surface area contributed by atoms with Crippen LogP contribution in [-0.4, -0.2) is 23.3 Å². The van der Waals surface area contributed by atoms with Gasteiger partial charge < -0.3 is 15.2 Å². The SMILES string of the molecule is CC(C)(C)OC(=O)NC[C@@H](O)c1ccc(F)cc1. The highest BCUT2D eigenvalue weighted by Crippen LogP contribution is 2.13. The summed E-state index contributed by atoms with van der Waals surface area (Å²) in [6.07, 6.45) is -1.48. The summed E-state index contributed by atoms with van der Waals surface area (Å²) in [6, 6.07) is 5.45. The maximum Gasteiger partial charge on any atom is 0.407 e. The quantitative estimate of drug-likeness (QED) is 0.871. The number of ether oxygens (including phenoxy) is 1. The lowest BCUT2D eigenvalue weighted by atomic mass is 10.1. The summed E-state index contributed by atoms with van der Waals surface area (Å²) >= 11 is 0. The molecular formula is C13H18FNO3. The molecule has 5 heteroatoms. The van der Waals surface area contributed by atoms with Crippen LogP contribution in [0.25, 0.3) is 0 Å². The Kier molecular flexibility index (Phi) is 4.67. The van der Waals surface area contributed by atoms with E-state index in [2.05, 4.69) is 5.32 Å². The third-order valence-corrected chi connectivity index (χ3v) is 2.09. The Morgan fingerprint density at radius 2 is 1.94 bits per heavy atom. The van der Waals surface area contributed by atoms with Crippen LogP contribution in [0.2, 0.25) is 0 Å². The fourth-order valence-corrected chi connectivity index (χ4v) is 1.30. The molecule has 0 heterocycles. The molecule has 0 radical (unpaired) electrons. The standard InChI is InChI=1S/C13H18FNO3/c1-13(2,3)18-12(17)15-8-11(16)9-4-6-10(14)7-5-9/h4-7,11,16H,8H2,1-3H3,(H,15,17)/t11-/m1/s1. The smallest absolute Gasteiger partial charge is 0.407 e. The molecule has 0 spiro atoms. The van der Waals surface area contributed by atoms with Crippen molar-refractivity contribution in [2.75, 3.05) is 6.54 Å². The molecule has 0 unspecified atom stereocenters. The van der Waals surface area contributed by atoms with Gasteiger partial charge in [0, 0.05) is 0 Å². The molecule has 0 aliphatic carbocycles. The number of alkyl carbamates (subject to hydrolysis) is 1. The Bertz CT molecular complexity index is 398. The van der Waals surface area contributed by atoms with Gasteiger partial charge in [-0.2, -0.15) is 0 Å². The van der Waals surface area contributed by atoms with Gasteiger partial charge in [-0.3, -0.25) is 0 Å². The minimum absolute atomic E-state index is 0.0144. The first-order chi connectivity index (χ1) is 8.28. The summed E-state index contributed by atoms with van der Waals surface area (Å²) in [5.41, 5.74) is -0.0438. The molecule has 1 aromatic carbocycles. The van der Waals surface area contributed by atoms with Gasteiger partial charge in [-0.1, -0.05) is 12.1 Å². The molecule has 1 rings (SSSR count). The second-order valence-corrected chi connectivity index (χ2v) is 4.95. The minimum Gasteiger partial charge on any atom is -0.444 e. The maximum atomic E-state index is 12.7. The molecule has 100 valence electrons. The Hall–Kier alpha value is -1.62. The molecule has 4 nitrogen and oxygen atoms in total. The van der Waals surface area contributed by atoms with Crippen LogP contribution in [0.1, 0.15) is 32.4 Å². The number of halogens is 1. The number of hydrogen-bond acceptors (Lipinski definition) is 3. The Morgan fingerprint density at radius 1 is 1.39 bits per heavy atom. The average Bonchev–Trinajstić information content (AvgIpc) is 2.24. The molecule has 0 aliphatic rings. The lowest BCUT2D eigenvalue weighted by Crippen LogP contribution is -2.34. The maximum absolute atomic E-state index is 12.7. The Labute approximate surface area is 106 Å². The van der Waals surface area contributed by atoms with E-state index in [9.17, 15) is 14.3 Å². The van der Waals surface area contributed by atoms with E-state index < -0.39 is 17.8 Å². The van der Waals surface area contributed by atoms with Crippen molar-refractivity contribution in [2.45, 2.75) is 32.5 Å². The van der Waals surface area contributed by atoms with Crippen molar-refractivity contribution >= 4 is 6.09 Å². The fraction of sp³-hybridized carbons (Fsp3) is 0.462. The number of hydrogen-bond donors (Lipinski definition) is 2. The highest BCUT2D eigenvalue weighted by Gasteiger charge is 2.17. The largest absolute Gasteiger partial charge is 0.444 e. The summed E-state index contributed by atoms with van der Waals surface area (Å²) < 4.78 is 17.7. The zero-order valence-electron chi connectivity index (χ0n) is 10.7. The van der Waals surface area contributed by atoms with Crippen molar-refractivity contribution in [3.63, 3.8) is 0 Å². The first-order valence-electron chi connectivity index (χ1n) is 5.68. The molecule has 0 bridgehead atoms. The summed E-state index contributed by atoms with van der Waals surface area (Å²) in [6.45, 7) is 5.27. The lowest BCUT2D eigenvalue weighted by Gasteiger charge is -2.20. The topological polar surface area (TPSA) is 58.6 Å². The molecule has 1 amide bonds. The van der Waals surface area contributed by atoms with E-state index in [4.69, 9.17) is 4.74 Å². The molecule has 1 aromatic rings. The molecule has 1 atom stereocenters. The van der Waals surface area contributed by atoms with Crippen molar-refractivity contribution < 1.29 is 19.0 Å². The summed E-state index contributed by atoms with van der Waals surface area (Å²) in [5.74, 6) is -0.369. The zero-order chi connectivity index (χ0) is 13.8. The van der Waals surface area contributed by atoms with Gasteiger partial charge in [0.1, 0.15) is 11.4 Å². The average molecular weight is 255 g/mol. The van der Waals surface area contributed by atoms with E-state index in [1.54, 1.807) is 20.8 Å². The molecule has 2 N–H and O–H groups in total. The summed E-state index contributed by atoms with van der Waals surface area (Å²) in [4.78, 5) is 11.3. The van der Waals surface area contributed by atoms with Crippen LogP contribution >= 0.6 is 0 Å². The van der Waals surface area contributed by atoms with E-state index in [1.807, 2.05) is 0 Å². The van der Waals surface area contributed by atoms with Gasteiger partial charge in [-0.15, -0.1) is 0 Å². The number of aliphatic hydroxyl groups is 1. The van der Waals surface area contributed by atoms with Crippen molar-refractivity contribution in [3.05, 3.63) is 35.6 Å². The number of carbonyl (C=O) groups excluding carboxylic acids is 1. The summed E-state index contributed by atoms with van der Waals surface area (Å²) in [7, 11) is 0. The van der Waals surface area contributed by atoms with Crippen LogP contribution in [0, 0.1) is 5.82 Å². The van der Waals surface area contributed by atoms with Gasteiger partial charge in [0.15, 0.2) is 0 Å².